The van der Waals surface area contributed by atoms with Crippen molar-refractivity contribution in [1.29, 1.82) is 0 Å². The summed E-state index contributed by atoms with van der Waals surface area (Å²) >= 11 is 7.45. The molecule has 0 radical (unpaired) electrons. The summed E-state index contributed by atoms with van der Waals surface area (Å²) in [5.74, 6) is 1.00. The van der Waals surface area contributed by atoms with Gasteiger partial charge in [-0.05, 0) is 49.1 Å². The van der Waals surface area contributed by atoms with Gasteiger partial charge in [-0.15, -0.1) is 0 Å². The predicted molar refractivity (Wildman–Crippen MR) is 118 cm³/mol. The van der Waals surface area contributed by atoms with Gasteiger partial charge in [0.2, 0.25) is 5.91 Å². The number of fused-ring (bicyclic) bond motifs is 1. The summed E-state index contributed by atoms with van der Waals surface area (Å²) in [6.07, 6.45) is 2.08. The van der Waals surface area contributed by atoms with Crippen molar-refractivity contribution in [3.63, 3.8) is 0 Å². The van der Waals surface area contributed by atoms with E-state index in [2.05, 4.69) is 11.9 Å². The van der Waals surface area contributed by atoms with E-state index in [9.17, 15) is 9.59 Å². The highest BCUT2D eigenvalue weighted by Gasteiger charge is 2.21. The first kappa shape index (κ1) is 20.0. The summed E-state index contributed by atoms with van der Waals surface area (Å²) in [5, 5.41) is 1.57. The Morgan fingerprint density at radius 1 is 1.17 bits per heavy atom. The standard InChI is InChI=1S/C22H22ClN3O2S/c1-15-9-11-25(12-10-15)20(27)14-29-22-24-19-8-3-2-7-18(19)21(28)26(22)17-6-4-5-16(23)13-17/h2-8,13,15H,9-12,14H2,1H3. The van der Waals surface area contributed by atoms with Gasteiger partial charge in [-0.1, -0.05) is 48.5 Å². The van der Waals surface area contributed by atoms with Crippen LogP contribution < -0.4 is 5.56 Å². The number of hydrogen-bond acceptors (Lipinski definition) is 4. The van der Waals surface area contributed by atoms with Crippen LogP contribution >= 0.6 is 23.4 Å². The maximum absolute atomic E-state index is 13.2. The van der Waals surface area contributed by atoms with E-state index in [1.807, 2.05) is 29.2 Å². The largest absolute Gasteiger partial charge is 0.342 e. The molecule has 1 fully saturated rings. The zero-order chi connectivity index (χ0) is 20.4. The van der Waals surface area contributed by atoms with Crippen molar-refractivity contribution >= 4 is 40.2 Å². The van der Waals surface area contributed by atoms with Crippen LogP contribution in [0.4, 0.5) is 0 Å². The Balaban J connectivity index is 1.68. The number of hydrogen-bond donors (Lipinski definition) is 0. The molecule has 1 amide bonds. The maximum atomic E-state index is 13.2. The van der Waals surface area contributed by atoms with Gasteiger partial charge in [-0.3, -0.25) is 14.2 Å². The van der Waals surface area contributed by atoms with E-state index in [1.54, 1.807) is 28.8 Å². The van der Waals surface area contributed by atoms with Crippen molar-refractivity contribution in [2.75, 3.05) is 18.8 Å². The van der Waals surface area contributed by atoms with Crippen LogP contribution in [0.3, 0.4) is 0 Å². The first-order valence-corrected chi connectivity index (χ1v) is 11.1. The molecule has 0 saturated carbocycles. The van der Waals surface area contributed by atoms with Gasteiger partial charge in [0, 0.05) is 18.1 Å². The zero-order valence-electron chi connectivity index (χ0n) is 16.2. The second kappa shape index (κ2) is 8.59. The monoisotopic (exact) mass is 427 g/mol. The normalized spacial score (nSPS) is 15.0. The molecule has 0 N–H and O–H groups in total. The number of rotatable bonds is 4. The Bertz CT molecular complexity index is 1110. The van der Waals surface area contributed by atoms with Crippen molar-refractivity contribution in [3.8, 4) is 5.69 Å². The van der Waals surface area contributed by atoms with E-state index in [-0.39, 0.29) is 17.2 Å². The number of aromatic nitrogens is 2. The highest BCUT2D eigenvalue weighted by molar-refractivity contribution is 7.99. The molecule has 0 bridgehead atoms. The van der Waals surface area contributed by atoms with Gasteiger partial charge in [0.25, 0.3) is 5.56 Å². The molecule has 1 aromatic heterocycles. The van der Waals surface area contributed by atoms with Gasteiger partial charge in [-0.25, -0.2) is 4.98 Å². The second-order valence-corrected chi connectivity index (χ2v) is 8.76. The summed E-state index contributed by atoms with van der Waals surface area (Å²) in [6, 6.07) is 14.4. The molecule has 2 aromatic carbocycles. The van der Waals surface area contributed by atoms with Gasteiger partial charge < -0.3 is 4.90 Å². The highest BCUT2D eigenvalue weighted by atomic mass is 35.5. The van der Waals surface area contributed by atoms with Crippen LogP contribution in [0.2, 0.25) is 5.02 Å². The number of para-hydroxylation sites is 1. The molecule has 0 spiro atoms. The van der Waals surface area contributed by atoms with Crippen LogP contribution in [0.5, 0.6) is 0 Å². The van der Waals surface area contributed by atoms with Gasteiger partial charge in [0.05, 0.1) is 22.3 Å². The summed E-state index contributed by atoms with van der Waals surface area (Å²) in [7, 11) is 0. The number of carbonyl (C=O) groups excluding carboxylic acids is 1. The molecule has 3 aromatic rings. The molecule has 5 nitrogen and oxygen atoms in total. The van der Waals surface area contributed by atoms with Gasteiger partial charge >= 0.3 is 0 Å². The number of carbonyl (C=O) groups is 1. The van der Waals surface area contributed by atoms with E-state index in [4.69, 9.17) is 11.6 Å². The highest BCUT2D eigenvalue weighted by Crippen LogP contribution is 2.24. The van der Waals surface area contributed by atoms with Crippen LogP contribution in [0.25, 0.3) is 16.6 Å². The number of nitrogens with zero attached hydrogens (tertiary/aromatic N) is 3. The van der Waals surface area contributed by atoms with Crippen LogP contribution in [0.1, 0.15) is 19.8 Å². The van der Waals surface area contributed by atoms with E-state index in [0.29, 0.717) is 32.7 Å². The lowest BCUT2D eigenvalue weighted by Crippen LogP contribution is -2.39. The Kier molecular flexibility index (Phi) is 5.92. The van der Waals surface area contributed by atoms with Crippen molar-refractivity contribution in [3.05, 3.63) is 63.9 Å². The third-order valence-electron chi connectivity index (χ3n) is 5.27. The number of thioether (sulfide) groups is 1. The smallest absolute Gasteiger partial charge is 0.266 e. The Hall–Kier alpha value is -2.31. The zero-order valence-corrected chi connectivity index (χ0v) is 17.7. The molecule has 0 atom stereocenters. The minimum atomic E-state index is -0.167. The van der Waals surface area contributed by atoms with Crippen LogP contribution in [0.15, 0.2) is 58.5 Å². The molecule has 1 aliphatic heterocycles. The van der Waals surface area contributed by atoms with Crippen molar-refractivity contribution in [2.24, 2.45) is 5.92 Å². The average Bonchev–Trinajstić information content (AvgIpc) is 2.72. The summed E-state index contributed by atoms with van der Waals surface area (Å²) in [4.78, 5) is 32.5. The topological polar surface area (TPSA) is 55.2 Å². The summed E-state index contributed by atoms with van der Waals surface area (Å²) in [6.45, 7) is 3.82. The Morgan fingerprint density at radius 3 is 2.69 bits per heavy atom. The van der Waals surface area contributed by atoms with E-state index < -0.39 is 0 Å². The van der Waals surface area contributed by atoms with Crippen LogP contribution in [-0.4, -0.2) is 39.2 Å². The number of likely N-dealkylation sites (tertiary alicyclic amines) is 1. The fourth-order valence-corrected chi connectivity index (χ4v) is 4.63. The Morgan fingerprint density at radius 2 is 1.93 bits per heavy atom. The lowest BCUT2D eigenvalue weighted by atomic mass is 9.99. The van der Waals surface area contributed by atoms with E-state index in [1.165, 1.54) is 11.8 Å². The molecule has 0 aliphatic carbocycles. The van der Waals surface area contributed by atoms with E-state index >= 15 is 0 Å². The predicted octanol–water partition coefficient (Wildman–Crippen LogP) is 4.39. The summed E-state index contributed by atoms with van der Waals surface area (Å²) < 4.78 is 1.55. The lowest BCUT2D eigenvalue weighted by Gasteiger charge is -2.30. The minimum absolute atomic E-state index is 0.0851. The van der Waals surface area contributed by atoms with Crippen LogP contribution in [0, 0.1) is 5.92 Å². The Labute approximate surface area is 178 Å². The third kappa shape index (κ3) is 4.33. The quantitative estimate of drug-likeness (QED) is 0.457. The van der Waals surface area contributed by atoms with Crippen LogP contribution in [-0.2, 0) is 4.79 Å². The molecule has 0 unspecified atom stereocenters. The molecule has 29 heavy (non-hydrogen) atoms. The number of halogens is 1. The average molecular weight is 428 g/mol. The molecular weight excluding hydrogens is 406 g/mol. The molecule has 2 heterocycles. The summed E-state index contributed by atoms with van der Waals surface area (Å²) in [5.41, 5.74) is 1.10. The fourth-order valence-electron chi connectivity index (χ4n) is 3.53. The fraction of sp³-hybridized carbons (Fsp3) is 0.318. The second-order valence-electron chi connectivity index (χ2n) is 7.38. The van der Waals surface area contributed by atoms with E-state index in [0.717, 1.165) is 25.9 Å². The molecular formula is C22H22ClN3O2S. The molecule has 1 aliphatic rings. The van der Waals surface area contributed by atoms with Crippen molar-refractivity contribution in [1.82, 2.24) is 14.5 Å². The minimum Gasteiger partial charge on any atom is -0.342 e. The molecule has 4 rings (SSSR count). The molecule has 150 valence electrons. The lowest BCUT2D eigenvalue weighted by molar-refractivity contribution is -0.129. The molecule has 7 heteroatoms. The number of piperidine rings is 1. The van der Waals surface area contributed by atoms with Crippen molar-refractivity contribution < 1.29 is 4.79 Å². The molecule has 1 saturated heterocycles. The van der Waals surface area contributed by atoms with Gasteiger partial charge in [-0.2, -0.15) is 0 Å². The van der Waals surface area contributed by atoms with Gasteiger partial charge in [0.15, 0.2) is 5.16 Å². The number of amides is 1. The maximum Gasteiger partial charge on any atom is 0.266 e. The van der Waals surface area contributed by atoms with Gasteiger partial charge in [0.1, 0.15) is 0 Å². The van der Waals surface area contributed by atoms with Crippen molar-refractivity contribution in [2.45, 2.75) is 24.9 Å². The first-order chi connectivity index (χ1) is 14.0. The number of benzene rings is 2. The third-order valence-corrected chi connectivity index (χ3v) is 6.43. The SMILES string of the molecule is CC1CCN(C(=O)CSc2nc3ccccc3c(=O)n2-c2cccc(Cl)c2)CC1. The first-order valence-electron chi connectivity index (χ1n) is 9.71.